The number of halogens is 1. The maximum Gasteiger partial charge on any atom is 0.231 e. The lowest BCUT2D eigenvalue weighted by Crippen LogP contribution is -2.32. The molecular formula is C14H25ClN6. The Morgan fingerprint density at radius 2 is 1.71 bits per heavy atom. The first-order valence-corrected chi connectivity index (χ1v) is 7.96. The van der Waals surface area contributed by atoms with Crippen LogP contribution in [-0.4, -0.2) is 67.2 Å². The topological polar surface area (TPSA) is 48.4 Å². The molecule has 0 amide bonds. The predicted octanol–water partition coefficient (Wildman–Crippen LogP) is 1.90. The van der Waals surface area contributed by atoms with Crippen LogP contribution < -0.4 is 9.80 Å². The molecule has 0 unspecified atom stereocenters. The Labute approximate surface area is 132 Å². The molecule has 1 saturated heterocycles. The van der Waals surface area contributed by atoms with Gasteiger partial charge < -0.3 is 14.7 Å². The van der Waals surface area contributed by atoms with Crippen LogP contribution in [0.4, 0.5) is 11.9 Å². The van der Waals surface area contributed by atoms with Gasteiger partial charge in [0, 0.05) is 26.7 Å². The largest absolute Gasteiger partial charge is 0.344 e. The third kappa shape index (κ3) is 4.97. The van der Waals surface area contributed by atoms with Crippen LogP contribution in [-0.2, 0) is 0 Å². The number of anilines is 2. The quantitative estimate of drug-likeness (QED) is 0.799. The zero-order valence-electron chi connectivity index (χ0n) is 13.2. The lowest BCUT2D eigenvalue weighted by Gasteiger charge is -2.27. The SMILES string of the molecule is CN(C)CCCN(C)c1nc(Cl)nc(N2CCCCC2)n1. The number of nitrogens with zero attached hydrogens (tertiary/aromatic N) is 6. The van der Waals surface area contributed by atoms with Crippen LogP contribution in [0, 0.1) is 0 Å². The molecule has 0 radical (unpaired) electrons. The van der Waals surface area contributed by atoms with Crippen LogP contribution in [0.3, 0.4) is 0 Å². The highest BCUT2D eigenvalue weighted by molar-refractivity contribution is 6.28. The fourth-order valence-electron chi connectivity index (χ4n) is 2.46. The molecule has 0 atom stereocenters. The van der Waals surface area contributed by atoms with Crippen molar-refractivity contribution in [3.8, 4) is 0 Å². The molecule has 6 nitrogen and oxygen atoms in total. The van der Waals surface area contributed by atoms with Gasteiger partial charge in [0.05, 0.1) is 0 Å². The average Bonchev–Trinajstić information content (AvgIpc) is 2.47. The molecule has 2 heterocycles. The van der Waals surface area contributed by atoms with E-state index in [1.165, 1.54) is 19.3 Å². The lowest BCUT2D eigenvalue weighted by molar-refractivity contribution is 0.401. The maximum atomic E-state index is 6.07. The maximum absolute atomic E-state index is 6.07. The van der Waals surface area contributed by atoms with Crippen molar-refractivity contribution in [2.75, 3.05) is 57.1 Å². The summed E-state index contributed by atoms with van der Waals surface area (Å²) in [5.74, 6) is 1.37. The third-order valence-corrected chi connectivity index (χ3v) is 3.83. The molecule has 1 aromatic rings. The highest BCUT2D eigenvalue weighted by Gasteiger charge is 2.17. The molecule has 1 aliphatic heterocycles. The summed E-state index contributed by atoms with van der Waals surface area (Å²) in [6.07, 6.45) is 4.73. The standard InChI is InChI=1S/C14H25ClN6/c1-19(2)8-7-9-20(3)13-16-12(15)17-14(18-13)21-10-5-4-6-11-21/h4-11H2,1-3H3. The molecule has 2 rings (SSSR count). The lowest BCUT2D eigenvalue weighted by atomic mass is 10.1. The number of hydrogen-bond donors (Lipinski definition) is 0. The Morgan fingerprint density at radius 1 is 1.00 bits per heavy atom. The van der Waals surface area contributed by atoms with Gasteiger partial charge in [0.1, 0.15) is 0 Å². The Morgan fingerprint density at radius 3 is 2.38 bits per heavy atom. The highest BCUT2D eigenvalue weighted by Crippen LogP contribution is 2.19. The van der Waals surface area contributed by atoms with Crippen molar-refractivity contribution in [2.45, 2.75) is 25.7 Å². The molecule has 21 heavy (non-hydrogen) atoms. The third-order valence-electron chi connectivity index (χ3n) is 3.66. The van der Waals surface area contributed by atoms with Gasteiger partial charge in [0.2, 0.25) is 17.2 Å². The number of rotatable bonds is 6. The Bertz CT molecular complexity index is 447. The van der Waals surface area contributed by atoms with Crippen molar-refractivity contribution in [3.05, 3.63) is 5.28 Å². The van der Waals surface area contributed by atoms with E-state index in [0.29, 0.717) is 11.9 Å². The summed E-state index contributed by atoms with van der Waals surface area (Å²) >= 11 is 6.07. The van der Waals surface area contributed by atoms with E-state index in [0.717, 1.165) is 32.6 Å². The van der Waals surface area contributed by atoms with Gasteiger partial charge >= 0.3 is 0 Å². The smallest absolute Gasteiger partial charge is 0.231 e. The van der Waals surface area contributed by atoms with E-state index >= 15 is 0 Å². The van der Waals surface area contributed by atoms with Gasteiger partial charge in [-0.2, -0.15) is 15.0 Å². The van der Waals surface area contributed by atoms with Crippen LogP contribution in [0.5, 0.6) is 0 Å². The van der Waals surface area contributed by atoms with Crippen molar-refractivity contribution in [3.63, 3.8) is 0 Å². The van der Waals surface area contributed by atoms with Crippen LogP contribution in [0.2, 0.25) is 5.28 Å². The van der Waals surface area contributed by atoms with Crippen molar-refractivity contribution in [2.24, 2.45) is 0 Å². The van der Waals surface area contributed by atoms with E-state index in [-0.39, 0.29) is 5.28 Å². The van der Waals surface area contributed by atoms with Gasteiger partial charge in [0.15, 0.2) is 0 Å². The summed E-state index contributed by atoms with van der Waals surface area (Å²) in [4.78, 5) is 19.5. The van der Waals surface area contributed by atoms with E-state index in [9.17, 15) is 0 Å². The molecular weight excluding hydrogens is 288 g/mol. The minimum absolute atomic E-state index is 0.278. The van der Waals surface area contributed by atoms with Crippen LogP contribution >= 0.6 is 11.6 Å². The van der Waals surface area contributed by atoms with E-state index in [4.69, 9.17) is 11.6 Å². The number of aromatic nitrogens is 3. The normalized spacial score (nSPS) is 15.6. The molecule has 0 saturated carbocycles. The molecule has 118 valence electrons. The highest BCUT2D eigenvalue weighted by atomic mass is 35.5. The summed E-state index contributed by atoms with van der Waals surface area (Å²) in [7, 11) is 6.16. The Balaban J connectivity index is 2.03. The van der Waals surface area contributed by atoms with Gasteiger partial charge in [-0.25, -0.2) is 0 Å². The van der Waals surface area contributed by atoms with E-state index in [1.54, 1.807) is 0 Å². The number of hydrogen-bond acceptors (Lipinski definition) is 6. The van der Waals surface area contributed by atoms with Gasteiger partial charge in [-0.3, -0.25) is 0 Å². The second-order valence-corrected chi connectivity index (χ2v) is 6.17. The molecule has 1 fully saturated rings. The minimum atomic E-state index is 0.278. The molecule has 7 heteroatoms. The molecule has 0 N–H and O–H groups in total. The van der Waals surface area contributed by atoms with Crippen molar-refractivity contribution >= 4 is 23.5 Å². The van der Waals surface area contributed by atoms with E-state index < -0.39 is 0 Å². The second-order valence-electron chi connectivity index (χ2n) is 5.83. The first kappa shape index (κ1) is 16.2. The minimum Gasteiger partial charge on any atom is -0.344 e. The van der Waals surface area contributed by atoms with Crippen molar-refractivity contribution in [1.82, 2.24) is 19.9 Å². The second kappa shape index (κ2) is 7.75. The summed E-state index contributed by atoms with van der Waals surface area (Å²) in [6.45, 7) is 3.95. The Kier molecular flexibility index (Phi) is 5.99. The Hall–Kier alpha value is -1.14. The van der Waals surface area contributed by atoms with Gasteiger partial charge in [-0.15, -0.1) is 0 Å². The first-order chi connectivity index (χ1) is 10.1. The first-order valence-electron chi connectivity index (χ1n) is 7.58. The molecule has 0 aliphatic carbocycles. The fourth-order valence-corrected chi connectivity index (χ4v) is 2.61. The van der Waals surface area contributed by atoms with Gasteiger partial charge in [0.25, 0.3) is 0 Å². The number of piperidine rings is 1. The average molecular weight is 313 g/mol. The molecule has 1 aliphatic rings. The van der Waals surface area contributed by atoms with E-state index in [2.05, 4.69) is 38.8 Å². The van der Waals surface area contributed by atoms with Crippen LogP contribution in [0.15, 0.2) is 0 Å². The summed E-state index contributed by atoms with van der Waals surface area (Å²) < 4.78 is 0. The molecule has 1 aromatic heterocycles. The summed E-state index contributed by atoms with van der Waals surface area (Å²) in [5.41, 5.74) is 0. The molecule has 0 aromatic carbocycles. The van der Waals surface area contributed by atoms with Crippen LogP contribution in [0.1, 0.15) is 25.7 Å². The van der Waals surface area contributed by atoms with Crippen LogP contribution in [0.25, 0.3) is 0 Å². The molecule has 0 spiro atoms. The van der Waals surface area contributed by atoms with E-state index in [1.807, 2.05) is 11.9 Å². The molecule has 0 bridgehead atoms. The predicted molar refractivity (Wildman–Crippen MR) is 87.3 cm³/mol. The monoisotopic (exact) mass is 312 g/mol. The van der Waals surface area contributed by atoms with Gasteiger partial charge in [-0.05, 0) is 57.9 Å². The zero-order valence-corrected chi connectivity index (χ0v) is 14.0. The summed E-state index contributed by atoms with van der Waals surface area (Å²) in [6, 6.07) is 0. The van der Waals surface area contributed by atoms with Crippen molar-refractivity contribution < 1.29 is 0 Å². The van der Waals surface area contributed by atoms with Gasteiger partial charge in [-0.1, -0.05) is 0 Å². The fraction of sp³-hybridized carbons (Fsp3) is 0.786. The van der Waals surface area contributed by atoms with Crippen molar-refractivity contribution in [1.29, 1.82) is 0 Å². The summed E-state index contributed by atoms with van der Waals surface area (Å²) in [5, 5.41) is 0.278. The zero-order chi connectivity index (χ0) is 15.2.